The van der Waals surface area contributed by atoms with Gasteiger partial charge in [0, 0.05) is 44.7 Å². The average molecular weight is 364 g/mol. The molecule has 2 N–H and O–H groups in total. The molecule has 3 aromatic rings. The van der Waals surface area contributed by atoms with Crippen molar-refractivity contribution in [2.75, 3.05) is 19.6 Å². The molecule has 3 nitrogen and oxygen atoms in total. The number of nitrogens with zero attached hydrogens (tertiary/aromatic N) is 1. The summed E-state index contributed by atoms with van der Waals surface area (Å²) < 4.78 is 2.19. The van der Waals surface area contributed by atoms with Crippen LogP contribution in [0, 0.1) is 0 Å². The highest BCUT2D eigenvalue weighted by Crippen LogP contribution is 2.32. The summed E-state index contributed by atoms with van der Waals surface area (Å²) in [4.78, 5) is 1.51. The molecule has 0 aliphatic carbocycles. The van der Waals surface area contributed by atoms with Gasteiger partial charge in [-0.15, -0.1) is 0 Å². The lowest BCUT2D eigenvalue weighted by Crippen LogP contribution is -3.11. The first kappa shape index (κ1) is 16.2. The van der Waals surface area contributed by atoms with E-state index in [-0.39, 0.29) is 6.10 Å². The minimum Gasteiger partial charge on any atom is -0.385 e. The van der Waals surface area contributed by atoms with E-state index in [1.807, 2.05) is 36.4 Å². The number of aliphatic hydroxyl groups excluding tert-OH is 1. The molecule has 1 atom stereocenters. The zero-order chi connectivity index (χ0) is 16.7. The maximum absolute atomic E-state index is 10.6. The molecule has 0 amide bonds. The summed E-state index contributed by atoms with van der Waals surface area (Å²) >= 11 is 12.4. The Labute approximate surface area is 151 Å². The number of rotatable bonds is 4. The number of hydrogen-bond acceptors (Lipinski definition) is 1. The van der Waals surface area contributed by atoms with Crippen molar-refractivity contribution in [2.45, 2.75) is 25.5 Å². The zero-order valence-electron chi connectivity index (χ0n) is 13.4. The van der Waals surface area contributed by atoms with Crippen LogP contribution in [0.1, 0.15) is 12.8 Å². The van der Waals surface area contributed by atoms with E-state index in [0.29, 0.717) is 16.6 Å². The number of aliphatic hydroxyl groups is 1. The minimum absolute atomic E-state index is 0.358. The van der Waals surface area contributed by atoms with Gasteiger partial charge in [0.05, 0.1) is 19.6 Å². The zero-order valence-corrected chi connectivity index (χ0v) is 14.9. The highest BCUT2D eigenvalue weighted by Gasteiger charge is 2.21. The van der Waals surface area contributed by atoms with Gasteiger partial charge in [-0.05, 0) is 36.4 Å². The third-order valence-corrected chi connectivity index (χ3v) is 5.49. The maximum atomic E-state index is 10.6. The van der Waals surface area contributed by atoms with Crippen LogP contribution in [0.3, 0.4) is 0 Å². The van der Waals surface area contributed by atoms with E-state index in [4.69, 9.17) is 23.2 Å². The normalized spacial score (nSPS) is 17.1. The maximum Gasteiger partial charge on any atom is 0.121 e. The van der Waals surface area contributed by atoms with Gasteiger partial charge in [-0.2, -0.15) is 0 Å². The molecule has 1 aliphatic heterocycles. The molecule has 2 heterocycles. The second-order valence-corrected chi connectivity index (χ2v) is 7.62. The molecule has 1 aliphatic rings. The molecule has 5 heteroatoms. The van der Waals surface area contributed by atoms with Crippen LogP contribution in [0.5, 0.6) is 0 Å². The number of halogens is 2. The third-order valence-electron chi connectivity index (χ3n) is 5.02. The SMILES string of the molecule is O[C@H](Cn1c2ccc(Cl)cc2c2cc(Cl)ccc21)C[NH+]1CCCC1. The Morgan fingerprint density at radius 3 is 2.04 bits per heavy atom. The molecule has 2 aromatic carbocycles. The number of hydrogen-bond donors (Lipinski definition) is 2. The van der Waals surface area contributed by atoms with Crippen molar-refractivity contribution < 1.29 is 10.0 Å². The van der Waals surface area contributed by atoms with Crippen LogP contribution in [0.4, 0.5) is 0 Å². The quantitative estimate of drug-likeness (QED) is 0.732. The largest absolute Gasteiger partial charge is 0.385 e. The predicted octanol–water partition coefficient (Wildman–Crippen LogP) is 3.14. The molecular weight excluding hydrogens is 343 g/mol. The lowest BCUT2D eigenvalue weighted by Gasteiger charge is -2.18. The molecule has 4 rings (SSSR count). The van der Waals surface area contributed by atoms with Crippen LogP contribution < -0.4 is 4.90 Å². The first-order valence-electron chi connectivity index (χ1n) is 8.50. The van der Waals surface area contributed by atoms with E-state index in [2.05, 4.69) is 4.57 Å². The van der Waals surface area contributed by atoms with Crippen molar-refractivity contribution >= 4 is 45.0 Å². The Morgan fingerprint density at radius 2 is 1.50 bits per heavy atom. The lowest BCUT2D eigenvalue weighted by molar-refractivity contribution is -0.890. The molecule has 0 spiro atoms. The molecule has 0 saturated carbocycles. The Bertz CT molecular complexity index is 825. The van der Waals surface area contributed by atoms with Crippen molar-refractivity contribution in [3.63, 3.8) is 0 Å². The Balaban J connectivity index is 1.75. The van der Waals surface area contributed by atoms with Crippen molar-refractivity contribution in [1.29, 1.82) is 0 Å². The molecule has 0 bridgehead atoms. The van der Waals surface area contributed by atoms with Crippen LogP contribution in [0.2, 0.25) is 10.0 Å². The number of fused-ring (bicyclic) bond motifs is 3. The number of benzene rings is 2. The van der Waals surface area contributed by atoms with Crippen LogP contribution >= 0.6 is 23.2 Å². The topological polar surface area (TPSA) is 29.6 Å². The highest BCUT2D eigenvalue weighted by molar-refractivity contribution is 6.33. The summed E-state index contributed by atoms with van der Waals surface area (Å²) in [7, 11) is 0. The highest BCUT2D eigenvalue weighted by atomic mass is 35.5. The molecule has 1 aromatic heterocycles. The summed E-state index contributed by atoms with van der Waals surface area (Å²) in [5, 5.41) is 14.2. The van der Waals surface area contributed by atoms with Crippen molar-refractivity contribution in [3.8, 4) is 0 Å². The Morgan fingerprint density at radius 1 is 0.958 bits per heavy atom. The van der Waals surface area contributed by atoms with E-state index in [1.54, 1.807) is 0 Å². The van der Waals surface area contributed by atoms with Crippen LogP contribution in [0.25, 0.3) is 21.8 Å². The van der Waals surface area contributed by atoms with Crippen LogP contribution in [-0.4, -0.2) is 35.4 Å². The second-order valence-electron chi connectivity index (χ2n) is 6.75. The van der Waals surface area contributed by atoms with Gasteiger partial charge >= 0.3 is 0 Å². The van der Waals surface area contributed by atoms with E-state index < -0.39 is 0 Å². The van der Waals surface area contributed by atoms with Gasteiger partial charge < -0.3 is 14.6 Å². The van der Waals surface area contributed by atoms with E-state index in [0.717, 1.165) is 28.4 Å². The fourth-order valence-electron chi connectivity index (χ4n) is 3.93. The Kier molecular flexibility index (Phi) is 4.44. The molecule has 1 saturated heterocycles. The number of quaternary nitrogens is 1. The van der Waals surface area contributed by atoms with Gasteiger partial charge in [-0.3, -0.25) is 0 Å². The van der Waals surface area contributed by atoms with Gasteiger partial charge in [0.15, 0.2) is 0 Å². The first-order chi connectivity index (χ1) is 11.6. The third kappa shape index (κ3) is 3.02. The van der Waals surface area contributed by atoms with E-state index in [9.17, 15) is 5.11 Å². The molecule has 0 radical (unpaired) electrons. The summed E-state index contributed by atoms with van der Waals surface area (Å²) in [6.45, 7) is 3.75. The first-order valence-corrected chi connectivity index (χ1v) is 9.26. The fraction of sp³-hybridized carbons (Fsp3) is 0.368. The van der Waals surface area contributed by atoms with Gasteiger partial charge in [0.25, 0.3) is 0 Å². The summed E-state index contributed by atoms with van der Waals surface area (Å²) in [6.07, 6.45) is 2.19. The Hall–Kier alpha value is -1.26. The van der Waals surface area contributed by atoms with Gasteiger partial charge in [-0.25, -0.2) is 0 Å². The lowest BCUT2D eigenvalue weighted by atomic mass is 10.1. The average Bonchev–Trinajstić information content (AvgIpc) is 3.15. The smallest absolute Gasteiger partial charge is 0.121 e. The summed E-state index contributed by atoms with van der Waals surface area (Å²) in [6, 6.07) is 11.8. The molecule has 1 fully saturated rings. The minimum atomic E-state index is -0.358. The summed E-state index contributed by atoms with van der Waals surface area (Å²) in [5.41, 5.74) is 2.18. The second kappa shape index (κ2) is 6.57. The monoisotopic (exact) mass is 363 g/mol. The summed E-state index contributed by atoms with van der Waals surface area (Å²) in [5.74, 6) is 0. The predicted molar refractivity (Wildman–Crippen MR) is 100 cm³/mol. The van der Waals surface area contributed by atoms with Crippen molar-refractivity contribution in [1.82, 2.24) is 4.57 Å². The van der Waals surface area contributed by atoms with Gasteiger partial charge in [0.2, 0.25) is 0 Å². The fourth-order valence-corrected chi connectivity index (χ4v) is 4.28. The van der Waals surface area contributed by atoms with Crippen molar-refractivity contribution in [2.24, 2.45) is 0 Å². The van der Waals surface area contributed by atoms with E-state index in [1.165, 1.54) is 30.8 Å². The number of likely N-dealkylation sites (tertiary alicyclic amines) is 1. The van der Waals surface area contributed by atoms with Gasteiger partial charge in [0.1, 0.15) is 12.6 Å². The standard InChI is InChI=1S/C19H20Cl2N2O/c20-13-3-5-18-16(9-13)17-10-14(21)4-6-19(17)23(18)12-15(24)11-22-7-1-2-8-22/h3-6,9-10,15,24H,1-2,7-8,11-12H2/p+1/t15-/m0/s1. The number of nitrogens with one attached hydrogen (secondary N) is 1. The van der Waals surface area contributed by atoms with Crippen LogP contribution in [-0.2, 0) is 6.54 Å². The molecule has 126 valence electrons. The van der Waals surface area contributed by atoms with Gasteiger partial charge in [-0.1, -0.05) is 23.2 Å². The number of aromatic nitrogens is 1. The van der Waals surface area contributed by atoms with E-state index >= 15 is 0 Å². The van der Waals surface area contributed by atoms with Crippen molar-refractivity contribution in [3.05, 3.63) is 46.4 Å². The molecular formula is C19H21Cl2N2O+. The molecule has 24 heavy (non-hydrogen) atoms. The molecule has 0 unspecified atom stereocenters. The van der Waals surface area contributed by atoms with Crippen LogP contribution in [0.15, 0.2) is 36.4 Å².